The Kier molecular flexibility index (Phi) is 4.54. The molecular formula is C14H15F3N2O2. The van der Waals surface area contributed by atoms with Gasteiger partial charge in [-0.3, -0.25) is 5.84 Å². The second-order valence-corrected chi connectivity index (χ2v) is 4.37. The molecule has 1 aromatic carbocycles. The van der Waals surface area contributed by atoms with Gasteiger partial charge in [0.05, 0.1) is 12.3 Å². The standard InChI is InChI=1S/C14H15F3N2O2/c1-2-12-11(6-7-20-12)13(19-18)9-4-3-5-10(8-9)21-14(15,16)17/h3-8,13,19H,2,18H2,1H3. The van der Waals surface area contributed by atoms with Crippen LogP contribution in [0.1, 0.15) is 29.9 Å². The van der Waals surface area contributed by atoms with E-state index in [2.05, 4.69) is 10.2 Å². The van der Waals surface area contributed by atoms with Gasteiger partial charge in [-0.25, -0.2) is 5.43 Å². The molecule has 1 heterocycles. The van der Waals surface area contributed by atoms with E-state index in [9.17, 15) is 13.2 Å². The molecule has 0 aliphatic carbocycles. The summed E-state index contributed by atoms with van der Waals surface area (Å²) in [4.78, 5) is 0. The summed E-state index contributed by atoms with van der Waals surface area (Å²) >= 11 is 0. The minimum atomic E-state index is -4.73. The number of rotatable bonds is 5. The zero-order valence-corrected chi connectivity index (χ0v) is 11.3. The summed E-state index contributed by atoms with van der Waals surface area (Å²) in [6.45, 7) is 1.92. The van der Waals surface area contributed by atoms with Gasteiger partial charge >= 0.3 is 6.36 Å². The van der Waals surface area contributed by atoms with E-state index >= 15 is 0 Å². The summed E-state index contributed by atoms with van der Waals surface area (Å²) in [6.07, 6.45) is -2.55. The fourth-order valence-corrected chi connectivity index (χ4v) is 2.15. The summed E-state index contributed by atoms with van der Waals surface area (Å²) in [6, 6.07) is 6.94. The maximum Gasteiger partial charge on any atom is 0.573 e. The van der Waals surface area contributed by atoms with Crippen molar-refractivity contribution in [3.05, 3.63) is 53.5 Å². The van der Waals surface area contributed by atoms with Gasteiger partial charge in [0.2, 0.25) is 0 Å². The van der Waals surface area contributed by atoms with E-state index in [1.165, 1.54) is 24.5 Å². The number of benzene rings is 1. The molecule has 4 nitrogen and oxygen atoms in total. The fourth-order valence-electron chi connectivity index (χ4n) is 2.15. The van der Waals surface area contributed by atoms with Crippen LogP contribution in [0, 0.1) is 0 Å². The Bertz CT molecular complexity index is 596. The average Bonchev–Trinajstić information content (AvgIpc) is 2.86. The predicted molar refractivity (Wildman–Crippen MR) is 70.4 cm³/mol. The summed E-state index contributed by atoms with van der Waals surface area (Å²) in [7, 11) is 0. The van der Waals surface area contributed by atoms with Crippen LogP contribution in [-0.4, -0.2) is 6.36 Å². The highest BCUT2D eigenvalue weighted by Gasteiger charge is 2.31. The topological polar surface area (TPSA) is 60.4 Å². The molecule has 21 heavy (non-hydrogen) atoms. The fraction of sp³-hybridized carbons (Fsp3) is 0.286. The highest BCUT2D eigenvalue weighted by atomic mass is 19.4. The summed E-state index contributed by atoms with van der Waals surface area (Å²) in [5, 5.41) is 0. The Labute approximate surface area is 119 Å². The molecule has 1 atom stereocenters. The Morgan fingerprint density at radius 1 is 1.33 bits per heavy atom. The molecule has 2 rings (SSSR count). The van der Waals surface area contributed by atoms with Gasteiger partial charge in [0.15, 0.2) is 0 Å². The van der Waals surface area contributed by atoms with Gasteiger partial charge in [-0.05, 0) is 23.8 Å². The summed E-state index contributed by atoms with van der Waals surface area (Å²) in [5.41, 5.74) is 3.92. The third kappa shape index (κ3) is 3.77. The minimum absolute atomic E-state index is 0.290. The molecule has 0 bridgehead atoms. The minimum Gasteiger partial charge on any atom is -0.469 e. The first-order chi connectivity index (χ1) is 9.94. The molecule has 0 amide bonds. The van der Waals surface area contributed by atoms with E-state index in [-0.39, 0.29) is 5.75 Å². The second-order valence-electron chi connectivity index (χ2n) is 4.37. The molecule has 1 unspecified atom stereocenters. The molecule has 0 aliphatic heterocycles. The third-order valence-corrected chi connectivity index (χ3v) is 3.00. The molecule has 0 aliphatic rings. The van der Waals surface area contributed by atoms with Crippen molar-refractivity contribution in [2.45, 2.75) is 25.7 Å². The number of ether oxygens (including phenoxy) is 1. The van der Waals surface area contributed by atoms with Crippen molar-refractivity contribution in [3.63, 3.8) is 0 Å². The van der Waals surface area contributed by atoms with Gasteiger partial charge in [0.1, 0.15) is 11.5 Å². The van der Waals surface area contributed by atoms with E-state index in [0.29, 0.717) is 12.0 Å². The van der Waals surface area contributed by atoms with Crippen LogP contribution in [0.5, 0.6) is 5.75 Å². The molecule has 7 heteroatoms. The number of hydrogen-bond donors (Lipinski definition) is 2. The van der Waals surface area contributed by atoms with Gasteiger partial charge in [0.25, 0.3) is 0 Å². The Hall–Kier alpha value is -1.99. The van der Waals surface area contributed by atoms with Crippen LogP contribution in [0.15, 0.2) is 41.0 Å². The maximum absolute atomic E-state index is 12.3. The number of aryl methyl sites for hydroxylation is 1. The lowest BCUT2D eigenvalue weighted by atomic mass is 9.98. The molecular weight excluding hydrogens is 285 g/mol. The van der Waals surface area contributed by atoms with Crippen molar-refractivity contribution in [1.29, 1.82) is 0 Å². The monoisotopic (exact) mass is 300 g/mol. The number of halogens is 3. The van der Waals surface area contributed by atoms with Gasteiger partial charge < -0.3 is 9.15 Å². The van der Waals surface area contributed by atoms with Crippen LogP contribution in [0.4, 0.5) is 13.2 Å². The Balaban J connectivity index is 2.33. The molecule has 0 saturated heterocycles. The van der Waals surface area contributed by atoms with Gasteiger partial charge in [-0.15, -0.1) is 13.2 Å². The van der Waals surface area contributed by atoms with Crippen molar-refractivity contribution < 1.29 is 22.3 Å². The number of nitrogens with two attached hydrogens (primary N) is 1. The van der Waals surface area contributed by atoms with Crippen LogP contribution in [0.25, 0.3) is 0 Å². The second kappa shape index (κ2) is 6.19. The SMILES string of the molecule is CCc1occc1C(NN)c1cccc(OC(F)(F)F)c1. The van der Waals surface area contributed by atoms with Crippen molar-refractivity contribution in [2.75, 3.05) is 0 Å². The molecule has 0 saturated carbocycles. The third-order valence-electron chi connectivity index (χ3n) is 3.00. The highest BCUT2D eigenvalue weighted by Crippen LogP contribution is 2.30. The van der Waals surface area contributed by atoms with Crippen molar-refractivity contribution in [2.24, 2.45) is 5.84 Å². The number of hydrogen-bond acceptors (Lipinski definition) is 4. The largest absolute Gasteiger partial charge is 0.573 e. The van der Waals surface area contributed by atoms with Gasteiger partial charge in [-0.2, -0.15) is 0 Å². The first-order valence-corrected chi connectivity index (χ1v) is 6.32. The molecule has 0 spiro atoms. The van der Waals surface area contributed by atoms with Crippen LogP contribution in [-0.2, 0) is 6.42 Å². The molecule has 3 N–H and O–H groups in total. The number of furan rings is 1. The van der Waals surface area contributed by atoms with Crippen LogP contribution >= 0.6 is 0 Å². The van der Waals surface area contributed by atoms with Gasteiger partial charge in [-0.1, -0.05) is 19.1 Å². The van der Waals surface area contributed by atoms with Crippen LogP contribution in [0.3, 0.4) is 0 Å². The highest BCUT2D eigenvalue weighted by molar-refractivity contribution is 5.37. The van der Waals surface area contributed by atoms with Crippen LogP contribution < -0.4 is 16.0 Å². The first-order valence-electron chi connectivity index (χ1n) is 6.32. The summed E-state index contributed by atoms with van der Waals surface area (Å²) in [5.74, 6) is 5.97. The van der Waals surface area contributed by atoms with Crippen LogP contribution in [0.2, 0.25) is 0 Å². The zero-order chi connectivity index (χ0) is 15.5. The lowest BCUT2D eigenvalue weighted by Gasteiger charge is -2.17. The van der Waals surface area contributed by atoms with E-state index < -0.39 is 12.4 Å². The maximum atomic E-state index is 12.3. The molecule has 2 aromatic rings. The zero-order valence-electron chi connectivity index (χ0n) is 11.3. The average molecular weight is 300 g/mol. The normalized spacial score (nSPS) is 13.2. The summed E-state index contributed by atoms with van der Waals surface area (Å²) < 4.78 is 46.1. The van der Waals surface area contributed by atoms with E-state index in [1.807, 2.05) is 6.92 Å². The lowest BCUT2D eigenvalue weighted by molar-refractivity contribution is -0.274. The smallest absolute Gasteiger partial charge is 0.469 e. The Morgan fingerprint density at radius 2 is 2.10 bits per heavy atom. The molecule has 0 radical (unpaired) electrons. The van der Waals surface area contributed by atoms with E-state index in [0.717, 1.165) is 11.3 Å². The molecule has 114 valence electrons. The number of alkyl halides is 3. The van der Waals surface area contributed by atoms with Crippen molar-refractivity contribution in [3.8, 4) is 5.75 Å². The number of nitrogens with one attached hydrogen (secondary N) is 1. The predicted octanol–water partition coefficient (Wildman–Crippen LogP) is 3.29. The molecule has 0 fully saturated rings. The van der Waals surface area contributed by atoms with Gasteiger partial charge in [0, 0.05) is 12.0 Å². The van der Waals surface area contributed by atoms with E-state index in [4.69, 9.17) is 10.3 Å². The quantitative estimate of drug-likeness (QED) is 0.657. The Morgan fingerprint density at radius 3 is 2.71 bits per heavy atom. The number of hydrazine groups is 1. The van der Waals surface area contributed by atoms with Crippen molar-refractivity contribution in [1.82, 2.24) is 5.43 Å². The van der Waals surface area contributed by atoms with E-state index in [1.54, 1.807) is 12.1 Å². The first kappa shape index (κ1) is 15.4. The lowest BCUT2D eigenvalue weighted by Crippen LogP contribution is -2.29. The van der Waals surface area contributed by atoms with Crippen molar-refractivity contribution >= 4 is 0 Å². The molecule has 1 aromatic heterocycles.